The number of Topliss-reactive ketones (excluding diaryl/α,β-unsaturated/α-hetero) is 1. The fraction of sp³-hybridized carbons (Fsp3) is 0.357. The van der Waals surface area contributed by atoms with Crippen molar-refractivity contribution in [3.63, 3.8) is 0 Å². The number of ketones is 1. The van der Waals surface area contributed by atoms with Crippen LogP contribution in [0.2, 0.25) is 0 Å². The summed E-state index contributed by atoms with van der Waals surface area (Å²) in [6, 6.07) is 3.03. The van der Waals surface area contributed by atoms with Crippen molar-refractivity contribution in [3.8, 4) is 5.75 Å². The maximum Gasteiger partial charge on any atom is 0.243 e. The Hall–Kier alpha value is -2.28. The number of rotatable bonds is 4. The van der Waals surface area contributed by atoms with Gasteiger partial charge in [0, 0.05) is 0 Å². The number of amides is 2. The zero-order valence-electron chi connectivity index (χ0n) is 11.7. The van der Waals surface area contributed by atoms with E-state index < -0.39 is 29.5 Å². The molecule has 21 heavy (non-hydrogen) atoms. The standard InChI is InChI=1S/C14H15FN2O4/c1-8-14(20)16-13(19)7-17(8)6-11(18)10-5-9(15)3-4-12(10)21-2/h3-5,8H,6-7H2,1-2H3,(H,16,19,20). The van der Waals surface area contributed by atoms with Gasteiger partial charge in [0.2, 0.25) is 11.8 Å². The van der Waals surface area contributed by atoms with Gasteiger partial charge in [0.15, 0.2) is 5.78 Å². The molecule has 2 amide bonds. The number of piperazine rings is 1. The topological polar surface area (TPSA) is 75.7 Å². The molecule has 0 spiro atoms. The normalized spacial score (nSPS) is 19.3. The number of halogens is 1. The van der Waals surface area contributed by atoms with E-state index in [9.17, 15) is 18.8 Å². The van der Waals surface area contributed by atoms with Crippen LogP contribution in [0.4, 0.5) is 4.39 Å². The van der Waals surface area contributed by atoms with Crippen molar-refractivity contribution < 1.29 is 23.5 Å². The Bertz CT molecular complexity index is 603. The molecule has 0 radical (unpaired) electrons. The fourth-order valence-electron chi connectivity index (χ4n) is 2.13. The molecule has 2 rings (SSSR count). The van der Waals surface area contributed by atoms with Crippen LogP contribution in [0, 0.1) is 5.82 Å². The first-order valence-corrected chi connectivity index (χ1v) is 6.37. The molecule has 1 aliphatic heterocycles. The van der Waals surface area contributed by atoms with Gasteiger partial charge in [0.1, 0.15) is 11.6 Å². The van der Waals surface area contributed by atoms with Gasteiger partial charge in [-0.15, -0.1) is 0 Å². The summed E-state index contributed by atoms with van der Waals surface area (Å²) in [6.45, 7) is 1.37. The van der Waals surface area contributed by atoms with Crippen molar-refractivity contribution in [2.24, 2.45) is 0 Å². The van der Waals surface area contributed by atoms with E-state index in [4.69, 9.17) is 4.74 Å². The van der Waals surface area contributed by atoms with E-state index in [-0.39, 0.29) is 24.4 Å². The number of hydrogen-bond donors (Lipinski definition) is 1. The molecule has 0 bridgehead atoms. The average Bonchev–Trinajstić information content (AvgIpc) is 2.44. The lowest BCUT2D eigenvalue weighted by Gasteiger charge is -2.30. The van der Waals surface area contributed by atoms with Crippen LogP contribution in [0.5, 0.6) is 5.75 Å². The maximum atomic E-state index is 13.3. The Morgan fingerprint density at radius 1 is 1.48 bits per heavy atom. The van der Waals surface area contributed by atoms with Crippen molar-refractivity contribution in [2.75, 3.05) is 20.2 Å². The van der Waals surface area contributed by atoms with Crippen molar-refractivity contribution in [2.45, 2.75) is 13.0 Å². The molecule has 1 fully saturated rings. The zero-order chi connectivity index (χ0) is 15.6. The number of nitrogens with one attached hydrogen (secondary N) is 1. The van der Waals surface area contributed by atoms with Gasteiger partial charge in [-0.05, 0) is 25.1 Å². The summed E-state index contributed by atoms with van der Waals surface area (Å²) in [5, 5.41) is 2.19. The lowest BCUT2D eigenvalue weighted by Crippen LogP contribution is -2.57. The lowest BCUT2D eigenvalue weighted by molar-refractivity contribution is -0.139. The second-order valence-electron chi connectivity index (χ2n) is 4.76. The number of hydrogen-bond acceptors (Lipinski definition) is 5. The fourth-order valence-corrected chi connectivity index (χ4v) is 2.13. The lowest BCUT2D eigenvalue weighted by atomic mass is 10.1. The number of imide groups is 1. The van der Waals surface area contributed by atoms with Gasteiger partial charge in [0.25, 0.3) is 0 Å². The first-order chi connectivity index (χ1) is 9.92. The molecule has 1 aromatic rings. The Kier molecular flexibility index (Phi) is 4.32. The van der Waals surface area contributed by atoms with E-state index in [1.54, 1.807) is 6.92 Å². The molecule has 0 aliphatic carbocycles. The third kappa shape index (κ3) is 3.25. The quantitative estimate of drug-likeness (QED) is 0.641. The van der Waals surface area contributed by atoms with Crippen LogP contribution in [0.1, 0.15) is 17.3 Å². The highest BCUT2D eigenvalue weighted by atomic mass is 19.1. The second-order valence-corrected chi connectivity index (χ2v) is 4.76. The number of methoxy groups -OCH3 is 1. The summed E-state index contributed by atoms with van der Waals surface area (Å²) in [4.78, 5) is 36.6. The highest BCUT2D eigenvalue weighted by Gasteiger charge is 2.32. The largest absolute Gasteiger partial charge is 0.496 e. The van der Waals surface area contributed by atoms with Crippen LogP contribution in [0.25, 0.3) is 0 Å². The molecule has 1 N–H and O–H groups in total. The van der Waals surface area contributed by atoms with Crippen molar-refractivity contribution in [1.82, 2.24) is 10.2 Å². The van der Waals surface area contributed by atoms with Crippen LogP contribution in [0.15, 0.2) is 18.2 Å². The summed E-state index contributed by atoms with van der Waals surface area (Å²) in [7, 11) is 1.38. The Labute approximate surface area is 120 Å². The maximum absolute atomic E-state index is 13.3. The highest BCUT2D eigenvalue weighted by Crippen LogP contribution is 2.20. The second kappa shape index (κ2) is 6.01. The highest BCUT2D eigenvalue weighted by molar-refractivity contribution is 6.03. The monoisotopic (exact) mass is 294 g/mol. The molecular formula is C14H15FN2O4. The van der Waals surface area contributed by atoms with Gasteiger partial charge in [-0.2, -0.15) is 0 Å². The van der Waals surface area contributed by atoms with Gasteiger partial charge >= 0.3 is 0 Å². The minimum absolute atomic E-state index is 0.0592. The van der Waals surface area contributed by atoms with Gasteiger partial charge in [0.05, 0.1) is 31.8 Å². The number of carbonyl (C=O) groups is 3. The average molecular weight is 294 g/mol. The minimum Gasteiger partial charge on any atom is -0.496 e. The van der Waals surface area contributed by atoms with Crippen LogP contribution < -0.4 is 10.1 Å². The van der Waals surface area contributed by atoms with Crippen molar-refractivity contribution in [1.29, 1.82) is 0 Å². The first kappa shape index (κ1) is 15.1. The number of nitrogens with zero attached hydrogens (tertiary/aromatic N) is 1. The Balaban J connectivity index is 2.19. The number of benzene rings is 1. The van der Waals surface area contributed by atoms with Gasteiger partial charge in [-0.1, -0.05) is 0 Å². The van der Waals surface area contributed by atoms with Gasteiger partial charge in [-0.3, -0.25) is 24.6 Å². The van der Waals surface area contributed by atoms with Crippen LogP contribution in [-0.4, -0.2) is 48.7 Å². The number of ether oxygens (including phenoxy) is 1. The zero-order valence-corrected chi connectivity index (χ0v) is 11.7. The third-order valence-corrected chi connectivity index (χ3v) is 3.35. The van der Waals surface area contributed by atoms with E-state index >= 15 is 0 Å². The van der Waals surface area contributed by atoms with Crippen LogP contribution in [0.3, 0.4) is 0 Å². The summed E-state index contributed by atoms with van der Waals surface area (Å²) < 4.78 is 18.3. The summed E-state index contributed by atoms with van der Waals surface area (Å²) in [6.07, 6.45) is 0. The summed E-state index contributed by atoms with van der Waals surface area (Å²) >= 11 is 0. The van der Waals surface area contributed by atoms with Gasteiger partial charge in [-0.25, -0.2) is 4.39 Å². The van der Waals surface area contributed by atoms with Gasteiger partial charge < -0.3 is 4.74 Å². The molecule has 1 atom stereocenters. The SMILES string of the molecule is COc1ccc(F)cc1C(=O)CN1CC(=O)NC(=O)C1C. The number of carbonyl (C=O) groups excluding carboxylic acids is 3. The van der Waals surface area contributed by atoms with Crippen LogP contribution in [-0.2, 0) is 9.59 Å². The molecule has 1 unspecified atom stereocenters. The molecule has 112 valence electrons. The minimum atomic E-state index is -0.605. The third-order valence-electron chi connectivity index (χ3n) is 3.35. The van der Waals surface area contributed by atoms with E-state index in [1.165, 1.54) is 24.1 Å². The molecular weight excluding hydrogens is 279 g/mol. The molecule has 1 saturated heterocycles. The summed E-state index contributed by atoms with van der Waals surface area (Å²) in [5.74, 6) is -1.63. The van der Waals surface area contributed by atoms with E-state index in [0.29, 0.717) is 0 Å². The predicted octanol–water partition coefficient (Wildman–Crippen LogP) is 0.364. The van der Waals surface area contributed by atoms with E-state index in [1.807, 2.05) is 0 Å². The van der Waals surface area contributed by atoms with Crippen LogP contribution >= 0.6 is 0 Å². The predicted molar refractivity (Wildman–Crippen MR) is 71.5 cm³/mol. The Morgan fingerprint density at radius 3 is 2.86 bits per heavy atom. The van der Waals surface area contributed by atoms with Crippen molar-refractivity contribution >= 4 is 17.6 Å². The molecule has 7 heteroatoms. The Morgan fingerprint density at radius 2 is 2.19 bits per heavy atom. The summed E-state index contributed by atoms with van der Waals surface area (Å²) in [5.41, 5.74) is 0.0862. The van der Waals surface area contributed by atoms with Crippen molar-refractivity contribution in [3.05, 3.63) is 29.6 Å². The molecule has 6 nitrogen and oxygen atoms in total. The molecule has 1 heterocycles. The molecule has 1 aliphatic rings. The molecule has 0 aromatic heterocycles. The van der Waals surface area contributed by atoms with E-state index in [2.05, 4.69) is 5.32 Å². The first-order valence-electron chi connectivity index (χ1n) is 6.37. The molecule has 1 aromatic carbocycles. The smallest absolute Gasteiger partial charge is 0.243 e. The van der Waals surface area contributed by atoms with E-state index in [0.717, 1.165) is 6.07 Å². The molecule has 0 saturated carbocycles.